The van der Waals surface area contributed by atoms with Crippen LogP contribution in [0.1, 0.15) is 0 Å². The molecule has 5 heteroatoms. The molecule has 0 unspecified atom stereocenters. The Kier molecular flexibility index (Phi) is 5.81. The third-order valence-corrected chi connectivity index (χ3v) is 9.14. The average molecular weight is 616 g/mol. The van der Waals surface area contributed by atoms with Crippen molar-refractivity contribution in [1.82, 2.24) is 15.0 Å². The van der Waals surface area contributed by atoms with E-state index in [9.17, 15) is 0 Å². The van der Waals surface area contributed by atoms with E-state index < -0.39 is 0 Å². The molecular weight excluding hydrogens is 590 g/mol. The molecule has 0 aliphatic heterocycles. The minimum Gasteiger partial charge on any atom is -0.455 e. The molecule has 0 amide bonds. The zero-order chi connectivity index (χ0) is 31.6. The fraction of sp³-hybridized carbons (Fsp3) is 0. The number of hydrogen-bond donors (Lipinski definition) is 0. The van der Waals surface area contributed by atoms with E-state index in [0.29, 0.717) is 17.5 Å². The third kappa shape index (κ3) is 4.08. The van der Waals surface area contributed by atoms with Crippen molar-refractivity contribution in [1.29, 1.82) is 0 Å². The summed E-state index contributed by atoms with van der Waals surface area (Å²) in [5.74, 6) is 1.84. The zero-order valence-electron chi connectivity index (χ0n) is 25.6. The molecule has 0 bridgehead atoms. The standard InChI is InChI=1S/C43H25N3O2/c1-3-13-26(14-4-1)41-44-42(27-15-5-2-6-16-27)46-43(45-41)33-22-12-24-37-38(33)32-21-11-20-31(39(32)48-37)34-25-35-29-18-9-10-23-36(29)47-40(35)30-19-8-7-17-28(30)34/h1-25H. The highest BCUT2D eigenvalue weighted by molar-refractivity contribution is 6.22. The normalized spacial score (nSPS) is 11.8. The van der Waals surface area contributed by atoms with Gasteiger partial charge in [0.15, 0.2) is 17.5 Å². The lowest BCUT2D eigenvalue weighted by Gasteiger charge is -2.10. The molecule has 0 N–H and O–H groups in total. The fourth-order valence-electron chi connectivity index (χ4n) is 6.94. The molecule has 0 aliphatic carbocycles. The molecule has 10 rings (SSSR count). The molecule has 7 aromatic carbocycles. The summed E-state index contributed by atoms with van der Waals surface area (Å²) in [6, 6.07) is 51.5. The van der Waals surface area contributed by atoms with Gasteiger partial charge in [-0.15, -0.1) is 0 Å². The first-order chi connectivity index (χ1) is 23.8. The van der Waals surface area contributed by atoms with Crippen LogP contribution in [-0.4, -0.2) is 15.0 Å². The number of para-hydroxylation sites is 2. The summed E-state index contributed by atoms with van der Waals surface area (Å²) in [7, 11) is 0. The molecule has 3 aromatic heterocycles. The Hall–Kier alpha value is -6.59. The van der Waals surface area contributed by atoms with Crippen LogP contribution in [0.25, 0.3) is 99.9 Å². The molecule has 224 valence electrons. The van der Waals surface area contributed by atoms with Gasteiger partial charge in [0.1, 0.15) is 22.3 Å². The van der Waals surface area contributed by atoms with Gasteiger partial charge in [-0.1, -0.05) is 133 Å². The van der Waals surface area contributed by atoms with E-state index in [1.165, 1.54) is 0 Å². The van der Waals surface area contributed by atoms with Crippen molar-refractivity contribution < 1.29 is 8.83 Å². The van der Waals surface area contributed by atoms with Gasteiger partial charge in [0.25, 0.3) is 0 Å². The highest BCUT2D eigenvalue weighted by Gasteiger charge is 2.21. The van der Waals surface area contributed by atoms with Gasteiger partial charge in [0.05, 0.1) is 0 Å². The fourth-order valence-corrected chi connectivity index (χ4v) is 6.94. The van der Waals surface area contributed by atoms with E-state index in [-0.39, 0.29) is 0 Å². The van der Waals surface area contributed by atoms with Crippen LogP contribution in [0.15, 0.2) is 160 Å². The SMILES string of the molecule is c1ccc(-c2nc(-c3ccccc3)nc(-c3cccc4oc5c(-c6cc7c8ccccc8oc7c7ccccc67)cccc5c34)n2)cc1. The van der Waals surface area contributed by atoms with Crippen molar-refractivity contribution >= 4 is 54.6 Å². The van der Waals surface area contributed by atoms with Crippen LogP contribution >= 0.6 is 0 Å². The Morgan fingerprint density at radius 3 is 1.62 bits per heavy atom. The number of fused-ring (bicyclic) bond motifs is 8. The molecule has 0 atom stereocenters. The Labute approximate surface area is 274 Å². The van der Waals surface area contributed by atoms with E-state index in [2.05, 4.69) is 66.7 Å². The van der Waals surface area contributed by atoms with Gasteiger partial charge < -0.3 is 8.83 Å². The minimum absolute atomic E-state index is 0.596. The van der Waals surface area contributed by atoms with Gasteiger partial charge >= 0.3 is 0 Å². The number of benzene rings is 7. The van der Waals surface area contributed by atoms with Crippen molar-refractivity contribution in [2.45, 2.75) is 0 Å². The van der Waals surface area contributed by atoms with Gasteiger partial charge in [-0.2, -0.15) is 0 Å². The topological polar surface area (TPSA) is 65.0 Å². The molecule has 0 aliphatic rings. The number of hydrogen-bond acceptors (Lipinski definition) is 5. The maximum atomic E-state index is 6.77. The van der Waals surface area contributed by atoms with Crippen LogP contribution in [0, 0.1) is 0 Å². The number of rotatable bonds is 4. The van der Waals surface area contributed by atoms with E-state index in [1.54, 1.807) is 0 Å². The van der Waals surface area contributed by atoms with Crippen LogP contribution in [0.3, 0.4) is 0 Å². The largest absolute Gasteiger partial charge is 0.455 e. The molecule has 3 heterocycles. The first-order valence-electron chi connectivity index (χ1n) is 15.9. The lowest BCUT2D eigenvalue weighted by atomic mass is 9.94. The zero-order valence-corrected chi connectivity index (χ0v) is 25.6. The van der Waals surface area contributed by atoms with Crippen LogP contribution in [0.4, 0.5) is 0 Å². The van der Waals surface area contributed by atoms with Gasteiger partial charge in [0, 0.05) is 49.2 Å². The maximum Gasteiger partial charge on any atom is 0.164 e. The van der Waals surface area contributed by atoms with E-state index >= 15 is 0 Å². The van der Waals surface area contributed by atoms with Crippen LogP contribution in [0.2, 0.25) is 0 Å². The Morgan fingerprint density at radius 2 is 0.875 bits per heavy atom. The molecule has 0 spiro atoms. The Balaban J connectivity index is 1.24. The van der Waals surface area contributed by atoms with Crippen molar-refractivity contribution in [2.24, 2.45) is 0 Å². The summed E-state index contributed by atoms with van der Waals surface area (Å²) in [6.07, 6.45) is 0. The summed E-state index contributed by atoms with van der Waals surface area (Å²) < 4.78 is 13.2. The molecule has 0 saturated carbocycles. The third-order valence-electron chi connectivity index (χ3n) is 9.14. The second-order valence-electron chi connectivity index (χ2n) is 11.9. The average Bonchev–Trinajstić information content (AvgIpc) is 3.74. The van der Waals surface area contributed by atoms with Gasteiger partial charge in [-0.05, 0) is 29.1 Å². The molecule has 10 aromatic rings. The lowest BCUT2D eigenvalue weighted by molar-refractivity contribution is 0.670. The quantitative estimate of drug-likeness (QED) is 0.197. The monoisotopic (exact) mass is 615 g/mol. The highest BCUT2D eigenvalue weighted by Crippen LogP contribution is 2.44. The highest BCUT2D eigenvalue weighted by atomic mass is 16.3. The van der Waals surface area contributed by atoms with Gasteiger partial charge in [-0.3, -0.25) is 0 Å². The maximum absolute atomic E-state index is 6.77. The molecule has 0 fully saturated rings. The second-order valence-corrected chi connectivity index (χ2v) is 11.9. The lowest BCUT2D eigenvalue weighted by Crippen LogP contribution is -2.00. The van der Waals surface area contributed by atoms with Crippen molar-refractivity contribution in [3.8, 4) is 45.3 Å². The van der Waals surface area contributed by atoms with Crippen LogP contribution < -0.4 is 0 Å². The predicted molar refractivity (Wildman–Crippen MR) is 194 cm³/mol. The van der Waals surface area contributed by atoms with Crippen LogP contribution in [-0.2, 0) is 0 Å². The minimum atomic E-state index is 0.596. The van der Waals surface area contributed by atoms with Gasteiger partial charge in [-0.25, -0.2) is 15.0 Å². The number of aromatic nitrogens is 3. The Morgan fingerprint density at radius 1 is 0.333 bits per heavy atom. The van der Waals surface area contributed by atoms with Crippen LogP contribution in [0.5, 0.6) is 0 Å². The van der Waals surface area contributed by atoms with Crippen molar-refractivity contribution in [3.05, 3.63) is 152 Å². The molecule has 0 saturated heterocycles. The molecule has 5 nitrogen and oxygen atoms in total. The smallest absolute Gasteiger partial charge is 0.164 e. The predicted octanol–water partition coefficient (Wildman–Crippen LogP) is 11.5. The summed E-state index contributed by atoms with van der Waals surface area (Å²) in [6.45, 7) is 0. The van der Waals surface area contributed by atoms with Crippen molar-refractivity contribution in [2.75, 3.05) is 0 Å². The van der Waals surface area contributed by atoms with Crippen molar-refractivity contribution in [3.63, 3.8) is 0 Å². The summed E-state index contributed by atoms with van der Waals surface area (Å²) in [4.78, 5) is 15.0. The van der Waals surface area contributed by atoms with E-state index in [1.807, 2.05) is 84.9 Å². The van der Waals surface area contributed by atoms with E-state index in [4.69, 9.17) is 23.8 Å². The number of furan rings is 2. The van der Waals surface area contributed by atoms with Gasteiger partial charge in [0.2, 0.25) is 0 Å². The first-order valence-corrected chi connectivity index (χ1v) is 15.9. The molecule has 48 heavy (non-hydrogen) atoms. The summed E-state index contributed by atoms with van der Waals surface area (Å²) in [5.41, 5.74) is 8.22. The molecular formula is C43H25N3O2. The number of nitrogens with zero attached hydrogens (tertiary/aromatic N) is 3. The first kappa shape index (κ1) is 26.6. The second kappa shape index (κ2) is 10.5. The summed E-state index contributed by atoms with van der Waals surface area (Å²) in [5, 5.41) is 6.33. The van der Waals surface area contributed by atoms with E-state index in [0.717, 1.165) is 82.5 Å². The Bertz CT molecular complexity index is 2780. The summed E-state index contributed by atoms with van der Waals surface area (Å²) >= 11 is 0. The molecule has 0 radical (unpaired) electrons.